The van der Waals surface area contributed by atoms with Crippen molar-refractivity contribution in [2.45, 2.75) is 6.10 Å². The average molecular weight is 190 g/mol. The summed E-state index contributed by atoms with van der Waals surface area (Å²) in [6.07, 6.45) is 3.24. The summed E-state index contributed by atoms with van der Waals surface area (Å²) in [5.74, 6) is 0. The molecule has 4 heteroatoms. The van der Waals surface area contributed by atoms with Crippen molar-refractivity contribution >= 4 is 23.2 Å². The van der Waals surface area contributed by atoms with Gasteiger partial charge in [0.25, 0.3) is 0 Å². The van der Waals surface area contributed by atoms with Gasteiger partial charge in [-0.05, 0) is 0 Å². The van der Waals surface area contributed by atoms with Crippen molar-refractivity contribution in [2.24, 2.45) is 0 Å². The summed E-state index contributed by atoms with van der Waals surface area (Å²) in [5, 5.41) is 1.17. The fraction of sp³-hybridized carbons (Fsp3) is 0.286. The highest BCUT2D eigenvalue weighted by atomic mass is 35.5. The van der Waals surface area contributed by atoms with Gasteiger partial charge >= 0.3 is 0 Å². The summed E-state index contributed by atoms with van der Waals surface area (Å²) in [4.78, 5) is 3.84. The lowest BCUT2D eigenvalue weighted by atomic mass is 10.2. The Bertz CT molecular complexity index is 266. The van der Waals surface area contributed by atoms with Crippen LogP contribution in [0.3, 0.4) is 0 Å². The van der Waals surface area contributed by atoms with Crippen molar-refractivity contribution < 1.29 is 4.74 Å². The van der Waals surface area contributed by atoms with Gasteiger partial charge in [0.2, 0.25) is 0 Å². The molecule has 0 N–H and O–H groups in total. The summed E-state index contributed by atoms with van der Waals surface area (Å²) >= 11 is 11.7. The van der Waals surface area contributed by atoms with E-state index in [1.54, 1.807) is 12.4 Å². The molecule has 11 heavy (non-hydrogen) atoms. The largest absolute Gasteiger partial charge is 0.368 e. The van der Waals surface area contributed by atoms with Crippen LogP contribution in [-0.2, 0) is 4.74 Å². The van der Waals surface area contributed by atoms with E-state index >= 15 is 0 Å². The SMILES string of the molecule is Clc1cncc(Cl)c1[C@@H]1CO1. The highest BCUT2D eigenvalue weighted by molar-refractivity contribution is 6.35. The van der Waals surface area contributed by atoms with Gasteiger partial charge in [0.05, 0.1) is 16.7 Å². The minimum Gasteiger partial charge on any atom is -0.368 e. The average Bonchev–Trinajstić information content (AvgIpc) is 2.70. The summed E-state index contributed by atoms with van der Waals surface area (Å²) in [6, 6.07) is 0. The van der Waals surface area contributed by atoms with Gasteiger partial charge in [0.1, 0.15) is 6.10 Å². The molecule has 2 nitrogen and oxygen atoms in total. The molecular weight excluding hydrogens is 185 g/mol. The van der Waals surface area contributed by atoms with Crippen molar-refractivity contribution in [1.29, 1.82) is 0 Å². The highest BCUT2D eigenvalue weighted by Crippen LogP contribution is 2.38. The van der Waals surface area contributed by atoms with Crippen LogP contribution in [0, 0.1) is 0 Å². The molecule has 0 saturated carbocycles. The Labute approximate surface area is 74.1 Å². The predicted octanol–water partition coefficient (Wildman–Crippen LogP) is 2.46. The second-order valence-corrected chi connectivity index (χ2v) is 3.15. The number of aromatic nitrogens is 1. The quantitative estimate of drug-likeness (QED) is 0.635. The normalized spacial score (nSPS) is 21.8. The van der Waals surface area contributed by atoms with Gasteiger partial charge in [0.15, 0.2) is 0 Å². The van der Waals surface area contributed by atoms with E-state index in [1.807, 2.05) is 0 Å². The lowest BCUT2D eigenvalue weighted by Gasteiger charge is -2.00. The summed E-state index contributed by atoms with van der Waals surface area (Å²) in [7, 11) is 0. The van der Waals surface area contributed by atoms with E-state index in [4.69, 9.17) is 27.9 Å². The second kappa shape index (κ2) is 2.63. The molecule has 1 aliphatic rings. The Morgan fingerprint density at radius 3 is 2.36 bits per heavy atom. The number of epoxide rings is 1. The van der Waals surface area contributed by atoms with E-state index in [1.165, 1.54) is 0 Å². The van der Waals surface area contributed by atoms with E-state index < -0.39 is 0 Å². The standard InChI is InChI=1S/C7H5Cl2NO/c8-4-1-10-2-5(9)7(4)6-3-11-6/h1-2,6H,3H2/t6-/m0/s1. The lowest BCUT2D eigenvalue weighted by Crippen LogP contribution is -1.85. The molecule has 1 saturated heterocycles. The fourth-order valence-electron chi connectivity index (χ4n) is 0.944. The first-order chi connectivity index (χ1) is 5.29. The first-order valence-corrected chi connectivity index (χ1v) is 3.95. The van der Waals surface area contributed by atoms with Gasteiger partial charge in [-0.25, -0.2) is 0 Å². The van der Waals surface area contributed by atoms with E-state index in [0.29, 0.717) is 16.7 Å². The van der Waals surface area contributed by atoms with Crippen LogP contribution in [0.5, 0.6) is 0 Å². The van der Waals surface area contributed by atoms with Gasteiger partial charge in [-0.15, -0.1) is 0 Å². The zero-order chi connectivity index (χ0) is 7.84. The number of nitrogens with zero attached hydrogens (tertiary/aromatic N) is 1. The number of halogens is 2. The van der Waals surface area contributed by atoms with Crippen LogP contribution >= 0.6 is 23.2 Å². The Morgan fingerprint density at radius 2 is 1.91 bits per heavy atom. The third-order valence-corrected chi connectivity index (χ3v) is 2.15. The maximum atomic E-state index is 5.84. The fourth-order valence-corrected chi connectivity index (χ4v) is 1.55. The van der Waals surface area contributed by atoms with Crippen molar-refractivity contribution in [3.05, 3.63) is 28.0 Å². The molecule has 1 atom stereocenters. The van der Waals surface area contributed by atoms with Gasteiger partial charge in [-0.2, -0.15) is 0 Å². The number of pyridine rings is 1. The Hall–Kier alpha value is -0.310. The third-order valence-electron chi connectivity index (χ3n) is 1.55. The number of hydrogen-bond donors (Lipinski definition) is 0. The molecule has 0 bridgehead atoms. The van der Waals surface area contributed by atoms with Gasteiger partial charge in [-0.1, -0.05) is 23.2 Å². The topological polar surface area (TPSA) is 25.4 Å². The van der Waals surface area contributed by atoms with Crippen molar-refractivity contribution in [1.82, 2.24) is 4.98 Å². The molecular formula is C7H5Cl2NO. The molecule has 0 radical (unpaired) electrons. The molecule has 58 valence electrons. The summed E-state index contributed by atoms with van der Waals surface area (Å²) in [6.45, 7) is 0.712. The van der Waals surface area contributed by atoms with Crippen molar-refractivity contribution in [3.63, 3.8) is 0 Å². The van der Waals surface area contributed by atoms with Gasteiger partial charge in [0, 0.05) is 18.0 Å². The smallest absolute Gasteiger partial charge is 0.109 e. The first kappa shape index (κ1) is 7.35. The van der Waals surface area contributed by atoms with Crippen LogP contribution in [0.2, 0.25) is 10.0 Å². The van der Waals surface area contributed by atoms with Crippen molar-refractivity contribution in [2.75, 3.05) is 6.61 Å². The Morgan fingerprint density at radius 1 is 1.36 bits per heavy atom. The maximum absolute atomic E-state index is 5.84. The first-order valence-electron chi connectivity index (χ1n) is 3.19. The molecule has 1 aromatic heterocycles. The Kier molecular flexibility index (Phi) is 1.75. The zero-order valence-electron chi connectivity index (χ0n) is 5.55. The second-order valence-electron chi connectivity index (χ2n) is 2.34. The molecule has 0 aliphatic carbocycles. The molecule has 2 rings (SSSR count). The molecule has 1 aliphatic heterocycles. The lowest BCUT2D eigenvalue weighted by molar-refractivity contribution is 0.415. The molecule has 0 unspecified atom stereocenters. The minimum atomic E-state index is 0.0954. The molecule has 0 amide bonds. The molecule has 1 aromatic rings. The molecule has 0 spiro atoms. The monoisotopic (exact) mass is 189 g/mol. The predicted molar refractivity (Wildman–Crippen MR) is 43.0 cm³/mol. The number of ether oxygens (including phenoxy) is 1. The van der Waals surface area contributed by atoms with Crippen LogP contribution in [0.4, 0.5) is 0 Å². The summed E-state index contributed by atoms with van der Waals surface area (Å²) in [5.41, 5.74) is 0.864. The van der Waals surface area contributed by atoms with Gasteiger partial charge < -0.3 is 4.74 Å². The number of hydrogen-bond acceptors (Lipinski definition) is 2. The Balaban J connectivity index is 2.48. The maximum Gasteiger partial charge on any atom is 0.109 e. The third kappa shape index (κ3) is 1.34. The molecule has 0 aromatic carbocycles. The number of rotatable bonds is 1. The highest BCUT2D eigenvalue weighted by Gasteiger charge is 2.29. The van der Waals surface area contributed by atoms with Gasteiger partial charge in [-0.3, -0.25) is 4.98 Å². The molecule has 1 fully saturated rings. The van der Waals surface area contributed by atoms with E-state index in [9.17, 15) is 0 Å². The summed E-state index contributed by atoms with van der Waals surface area (Å²) < 4.78 is 5.06. The molecule has 2 heterocycles. The van der Waals surface area contributed by atoms with Crippen LogP contribution in [0.15, 0.2) is 12.4 Å². The van der Waals surface area contributed by atoms with E-state index in [-0.39, 0.29) is 6.10 Å². The van der Waals surface area contributed by atoms with Crippen LogP contribution in [0.1, 0.15) is 11.7 Å². The van der Waals surface area contributed by atoms with E-state index in [2.05, 4.69) is 4.98 Å². The zero-order valence-corrected chi connectivity index (χ0v) is 7.06. The van der Waals surface area contributed by atoms with E-state index in [0.717, 1.165) is 5.56 Å². The van der Waals surface area contributed by atoms with Crippen LogP contribution < -0.4 is 0 Å². The minimum absolute atomic E-state index is 0.0954. The van der Waals surface area contributed by atoms with Crippen molar-refractivity contribution in [3.8, 4) is 0 Å². The van der Waals surface area contributed by atoms with Crippen LogP contribution in [0.25, 0.3) is 0 Å². The van der Waals surface area contributed by atoms with Crippen LogP contribution in [-0.4, -0.2) is 11.6 Å².